The van der Waals surface area contributed by atoms with Gasteiger partial charge in [-0.15, -0.1) is 0 Å². The molecule has 0 bridgehead atoms. The minimum absolute atomic E-state index is 0.123. The van der Waals surface area contributed by atoms with Gasteiger partial charge in [-0.1, -0.05) is 61.8 Å². The Hall–Kier alpha value is -2.14. The smallest absolute Gasteiger partial charge is 0.475 e. The first-order chi connectivity index (χ1) is 16.6. The summed E-state index contributed by atoms with van der Waals surface area (Å²) in [6.45, 7) is 8.70. The maximum absolute atomic E-state index is 13.1. The predicted octanol–water partition coefficient (Wildman–Crippen LogP) is 8.18. The van der Waals surface area contributed by atoms with E-state index in [1.54, 1.807) is 12.1 Å². The fourth-order valence-electron chi connectivity index (χ4n) is 4.49. The molecular weight excluding hydrogens is 483 g/mol. The Morgan fingerprint density at radius 3 is 2.51 bits per heavy atom. The lowest BCUT2D eigenvalue weighted by Crippen LogP contribution is -2.15. The van der Waals surface area contributed by atoms with Gasteiger partial charge in [0.1, 0.15) is 5.75 Å². The van der Waals surface area contributed by atoms with Crippen molar-refractivity contribution in [3.05, 3.63) is 98.6 Å². The molecule has 0 aromatic heterocycles. The first-order valence-corrected chi connectivity index (χ1v) is 13.7. The van der Waals surface area contributed by atoms with E-state index >= 15 is 0 Å². The molecule has 0 radical (unpaired) electrons. The van der Waals surface area contributed by atoms with Crippen LogP contribution >= 0.6 is 19.4 Å². The average Bonchev–Trinajstić information content (AvgIpc) is 2.81. The van der Waals surface area contributed by atoms with Crippen LogP contribution in [-0.4, -0.2) is 11.7 Å². The van der Waals surface area contributed by atoms with Crippen molar-refractivity contribution in [2.75, 3.05) is 6.61 Å². The second-order valence-electron chi connectivity index (χ2n) is 9.42. The van der Waals surface area contributed by atoms with Crippen molar-refractivity contribution in [3.63, 3.8) is 0 Å². The molecule has 186 valence electrons. The number of rotatable bonds is 7. The van der Waals surface area contributed by atoms with Crippen molar-refractivity contribution in [2.24, 2.45) is 0 Å². The van der Waals surface area contributed by atoms with E-state index in [1.807, 2.05) is 24.3 Å². The van der Waals surface area contributed by atoms with Gasteiger partial charge in [-0.05, 0) is 83.3 Å². The molecule has 1 aliphatic heterocycles. The molecule has 4 rings (SSSR count). The lowest BCUT2D eigenvalue weighted by molar-refractivity contribution is 0.0254. The normalized spacial score (nSPS) is 20.3. The number of phosphoric ester groups is 1. The molecule has 0 saturated carbocycles. The first kappa shape index (κ1) is 25.9. The zero-order valence-corrected chi connectivity index (χ0v) is 22.2. The zero-order valence-electron chi connectivity index (χ0n) is 20.6. The Labute approximate surface area is 212 Å². The number of benzene rings is 3. The maximum Gasteiger partial charge on any atom is 0.475 e. The summed E-state index contributed by atoms with van der Waals surface area (Å²) in [5.74, 6) is 0.589. The van der Waals surface area contributed by atoms with Gasteiger partial charge in [0.15, 0.2) is 0 Å². The summed E-state index contributed by atoms with van der Waals surface area (Å²) in [6, 6.07) is 17.3. The van der Waals surface area contributed by atoms with Gasteiger partial charge >= 0.3 is 7.82 Å². The number of hydrogen-bond donors (Lipinski definition) is 1. The van der Waals surface area contributed by atoms with Gasteiger partial charge < -0.3 is 5.11 Å². The van der Waals surface area contributed by atoms with E-state index in [2.05, 4.69) is 45.9 Å². The van der Waals surface area contributed by atoms with E-state index in [4.69, 9.17) is 25.2 Å². The van der Waals surface area contributed by atoms with Crippen molar-refractivity contribution in [1.29, 1.82) is 0 Å². The van der Waals surface area contributed by atoms with Crippen LogP contribution in [0.25, 0.3) is 0 Å². The molecule has 35 heavy (non-hydrogen) atoms. The van der Waals surface area contributed by atoms with Crippen molar-refractivity contribution >= 4 is 19.4 Å². The molecule has 1 N–H and O–H groups in total. The van der Waals surface area contributed by atoms with Crippen LogP contribution in [0.15, 0.2) is 54.6 Å². The van der Waals surface area contributed by atoms with Crippen molar-refractivity contribution < 1.29 is 23.2 Å². The topological polar surface area (TPSA) is 65.0 Å². The largest absolute Gasteiger partial charge is 0.508 e. The lowest BCUT2D eigenvalue weighted by Gasteiger charge is -2.29. The fourth-order valence-corrected chi connectivity index (χ4v) is 6.06. The third-order valence-corrected chi connectivity index (χ3v) is 8.04. The molecule has 0 spiro atoms. The summed E-state index contributed by atoms with van der Waals surface area (Å²) in [5, 5.41) is 10.7. The SMILES string of the molecule is Cc1cc(CO[P@@]2(=O)OCC[C@@H](c3cccc(Cl)c3)O2)cc(C)c1Cc1ccc(O)c(C(C)C)c1. The maximum atomic E-state index is 13.1. The number of aromatic hydroxyl groups is 1. The van der Waals surface area contributed by atoms with Crippen molar-refractivity contribution in [2.45, 2.75) is 59.2 Å². The standard InChI is InChI=1S/C28H32ClO5P/c1-18(2)25-14-21(8-9-27(25)30)15-26-19(3)12-22(13-20(26)4)17-33-35(31)32-11-10-28(34-35)23-6-5-7-24(29)16-23/h5-9,12-14,16,18,28,30H,10-11,15,17H2,1-4H3/t28-,35+/m0/s1. The van der Waals surface area contributed by atoms with Crippen LogP contribution in [0.1, 0.15) is 71.2 Å². The summed E-state index contributed by atoms with van der Waals surface area (Å²) in [7, 11) is -3.70. The van der Waals surface area contributed by atoms with Gasteiger partial charge in [0.05, 0.1) is 19.3 Å². The number of phosphoric acid groups is 1. The highest BCUT2D eigenvalue weighted by atomic mass is 35.5. The van der Waals surface area contributed by atoms with Gasteiger partial charge in [-0.25, -0.2) is 4.57 Å². The number of halogens is 1. The number of phenolic OH excluding ortho intramolecular Hbond substituents is 1. The van der Waals surface area contributed by atoms with E-state index in [-0.39, 0.29) is 25.2 Å². The molecule has 0 unspecified atom stereocenters. The second-order valence-corrected chi connectivity index (χ2v) is 11.5. The minimum atomic E-state index is -3.70. The number of aryl methyl sites for hydroxylation is 2. The van der Waals surface area contributed by atoms with Gasteiger partial charge in [-0.2, -0.15) is 0 Å². The van der Waals surface area contributed by atoms with E-state index in [0.29, 0.717) is 17.2 Å². The molecule has 3 aromatic rings. The van der Waals surface area contributed by atoms with Gasteiger partial charge in [-0.3, -0.25) is 13.6 Å². The molecule has 1 aliphatic rings. The molecule has 1 saturated heterocycles. The minimum Gasteiger partial charge on any atom is -0.508 e. The highest BCUT2D eigenvalue weighted by Crippen LogP contribution is 2.57. The molecule has 3 aromatic carbocycles. The molecule has 7 heteroatoms. The molecule has 2 atom stereocenters. The van der Waals surface area contributed by atoms with E-state index in [9.17, 15) is 9.67 Å². The van der Waals surface area contributed by atoms with Gasteiger partial charge in [0.2, 0.25) is 0 Å². The van der Waals surface area contributed by atoms with Gasteiger partial charge in [0, 0.05) is 11.4 Å². The Morgan fingerprint density at radius 1 is 1.09 bits per heavy atom. The van der Waals surface area contributed by atoms with Crippen molar-refractivity contribution in [1.82, 2.24) is 0 Å². The van der Waals surface area contributed by atoms with Crippen LogP contribution < -0.4 is 0 Å². The van der Waals surface area contributed by atoms with Crippen molar-refractivity contribution in [3.8, 4) is 5.75 Å². The summed E-state index contributed by atoms with van der Waals surface area (Å²) in [6.07, 6.45) is 0.960. The van der Waals surface area contributed by atoms with Gasteiger partial charge in [0.25, 0.3) is 0 Å². The monoisotopic (exact) mass is 514 g/mol. The molecule has 5 nitrogen and oxygen atoms in total. The van der Waals surface area contributed by atoms with E-state index in [1.165, 1.54) is 5.56 Å². The third-order valence-electron chi connectivity index (χ3n) is 6.35. The van der Waals surface area contributed by atoms with Crippen LogP contribution in [0.3, 0.4) is 0 Å². The molecule has 1 fully saturated rings. The van der Waals surface area contributed by atoms with Crippen LogP contribution in [0.2, 0.25) is 5.02 Å². The van der Waals surface area contributed by atoms with Crippen LogP contribution in [-0.2, 0) is 31.2 Å². The molecular formula is C28H32ClO5P. The quantitative estimate of drug-likeness (QED) is 0.322. The first-order valence-electron chi connectivity index (χ1n) is 11.9. The Balaban J connectivity index is 1.45. The Bertz CT molecular complexity index is 1230. The summed E-state index contributed by atoms with van der Waals surface area (Å²) in [5.41, 5.74) is 7.36. The molecule has 0 aliphatic carbocycles. The second kappa shape index (κ2) is 10.9. The lowest BCUT2D eigenvalue weighted by atomic mass is 9.92. The van der Waals surface area contributed by atoms with E-state index < -0.39 is 7.82 Å². The number of phenols is 1. The average molecular weight is 515 g/mol. The Morgan fingerprint density at radius 2 is 1.83 bits per heavy atom. The fraction of sp³-hybridized carbons (Fsp3) is 0.357. The summed E-state index contributed by atoms with van der Waals surface area (Å²) >= 11 is 6.10. The Kier molecular flexibility index (Phi) is 8.05. The van der Waals surface area contributed by atoms with Crippen LogP contribution in [0.4, 0.5) is 0 Å². The van der Waals surface area contributed by atoms with E-state index in [0.717, 1.165) is 39.8 Å². The zero-order chi connectivity index (χ0) is 25.2. The highest BCUT2D eigenvalue weighted by Gasteiger charge is 2.36. The number of hydrogen-bond acceptors (Lipinski definition) is 5. The summed E-state index contributed by atoms with van der Waals surface area (Å²) < 4.78 is 30.1. The third kappa shape index (κ3) is 6.35. The molecule has 1 heterocycles. The molecule has 0 amide bonds. The van der Waals surface area contributed by atoms with Crippen LogP contribution in [0, 0.1) is 13.8 Å². The summed E-state index contributed by atoms with van der Waals surface area (Å²) in [4.78, 5) is 0. The highest BCUT2D eigenvalue weighted by molar-refractivity contribution is 7.48. The van der Waals surface area contributed by atoms with Crippen LogP contribution in [0.5, 0.6) is 5.75 Å². The predicted molar refractivity (Wildman–Crippen MR) is 139 cm³/mol.